The second-order valence-corrected chi connectivity index (χ2v) is 3.96. The summed E-state index contributed by atoms with van der Waals surface area (Å²) in [5, 5.41) is 0. The summed E-state index contributed by atoms with van der Waals surface area (Å²) in [6, 6.07) is 0. The van der Waals surface area contributed by atoms with Gasteiger partial charge in [-0.05, 0) is 18.8 Å². The zero-order valence-corrected chi connectivity index (χ0v) is 9.99. The van der Waals surface area contributed by atoms with Crippen LogP contribution in [0.1, 0.15) is 26.2 Å². The molecule has 0 saturated heterocycles. The zero-order chi connectivity index (χ0) is 12.1. The highest BCUT2D eigenvalue weighted by molar-refractivity contribution is 5.89. The molecule has 0 radical (unpaired) electrons. The summed E-state index contributed by atoms with van der Waals surface area (Å²) in [5.41, 5.74) is 0.675. The minimum absolute atomic E-state index is 0.122. The number of rotatable bonds is 3. The van der Waals surface area contributed by atoms with E-state index in [4.69, 9.17) is 4.74 Å². The number of allylic oxidation sites excluding steroid dienone is 1. The third-order valence-electron chi connectivity index (χ3n) is 3.15. The van der Waals surface area contributed by atoms with E-state index < -0.39 is 0 Å². The predicted octanol–water partition coefficient (Wildman–Crippen LogP) is 1.70. The number of hydrogen-bond acceptors (Lipinski definition) is 4. The van der Waals surface area contributed by atoms with Crippen LogP contribution in [0.5, 0.6) is 0 Å². The molecule has 0 spiro atoms. The van der Waals surface area contributed by atoms with Crippen LogP contribution in [0.3, 0.4) is 0 Å². The van der Waals surface area contributed by atoms with Gasteiger partial charge in [0.15, 0.2) is 0 Å². The van der Waals surface area contributed by atoms with Crippen molar-refractivity contribution in [3.63, 3.8) is 0 Å². The first-order valence-corrected chi connectivity index (χ1v) is 5.49. The number of ether oxygens (including phenoxy) is 2. The molecule has 2 atom stereocenters. The molecule has 0 amide bonds. The highest BCUT2D eigenvalue weighted by Crippen LogP contribution is 2.33. The fraction of sp³-hybridized carbons (Fsp3) is 0.667. The van der Waals surface area contributed by atoms with Crippen LogP contribution in [-0.4, -0.2) is 26.2 Å². The van der Waals surface area contributed by atoms with E-state index in [1.54, 1.807) is 6.08 Å². The SMILES string of the molecule is CCC1CC(C(=O)OC)=CCC1C(=O)OC. The molecule has 0 aromatic rings. The summed E-state index contributed by atoms with van der Waals surface area (Å²) in [6.07, 6.45) is 3.81. The summed E-state index contributed by atoms with van der Waals surface area (Å²) in [4.78, 5) is 22.9. The maximum Gasteiger partial charge on any atom is 0.333 e. The van der Waals surface area contributed by atoms with Crippen molar-refractivity contribution in [2.24, 2.45) is 11.8 Å². The van der Waals surface area contributed by atoms with Crippen LogP contribution in [0.2, 0.25) is 0 Å². The topological polar surface area (TPSA) is 52.6 Å². The molecular weight excluding hydrogens is 208 g/mol. The van der Waals surface area contributed by atoms with E-state index in [0.717, 1.165) is 6.42 Å². The van der Waals surface area contributed by atoms with Gasteiger partial charge in [0.1, 0.15) is 0 Å². The van der Waals surface area contributed by atoms with E-state index >= 15 is 0 Å². The van der Waals surface area contributed by atoms with E-state index in [1.807, 2.05) is 6.92 Å². The fourth-order valence-corrected chi connectivity index (χ4v) is 2.14. The van der Waals surface area contributed by atoms with Gasteiger partial charge in [-0.15, -0.1) is 0 Å². The first-order chi connectivity index (χ1) is 7.63. The average molecular weight is 226 g/mol. The summed E-state index contributed by atoms with van der Waals surface area (Å²) < 4.78 is 9.44. The third kappa shape index (κ3) is 2.62. The van der Waals surface area contributed by atoms with Crippen molar-refractivity contribution in [3.8, 4) is 0 Å². The summed E-state index contributed by atoms with van der Waals surface area (Å²) in [5.74, 6) is -0.427. The Kier molecular flexibility index (Phi) is 4.52. The number of methoxy groups -OCH3 is 2. The van der Waals surface area contributed by atoms with Crippen molar-refractivity contribution in [2.45, 2.75) is 26.2 Å². The number of esters is 2. The first-order valence-electron chi connectivity index (χ1n) is 5.49. The monoisotopic (exact) mass is 226 g/mol. The van der Waals surface area contributed by atoms with Crippen molar-refractivity contribution in [1.29, 1.82) is 0 Å². The molecule has 1 rings (SSSR count). The average Bonchev–Trinajstić information content (AvgIpc) is 2.35. The Morgan fingerprint density at radius 3 is 2.56 bits per heavy atom. The molecule has 0 heterocycles. The Hall–Kier alpha value is -1.32. The number of carbonyl (C=O) groups is 2. The summed E-state index contributed by atoms with van der Waals surface area (Å²) >= 11 is 0. The Morgan fingerprint density at radius 1 is 1.38 bits per heavy atom. The smallest absolute Gasteiger partial charge is 0.333 e. The Bertz CT molecular complexity index is 306. The van der Waals surface area contributed by atoms with Gasteiger partial charge in [0.2, 0.25) is 0 Å². The molecule has 0 aromatic heterocycles. The van der Waals surface area contributed by atoms with E-state index in [9.17, 15) is 9.59 Å². The van der Waals surface area contributed by atoms with E-state index in [0.29, 0.717) is 18.4 Å². The minimum atomic E-state index is -0.290. The van der Waals surface area contributed by atoms with Gasteiger partial charge in [0.25, 0.3) is 0 Å². The highest BCUT2D eigenvalue weighted by Gasteiger charge is 2.32. The van der Waals surface area contributed by atoms with Gasteiger partial charge in [0, 0.05) is 5.57 Å². The van der Waals surface area contributed by atoms with E-state index in [2.05, 4.69) is 4.74 Å². The van der Waals surface area contributed by atoms with Crippen molar-refractivity contribution in [1.82, 2.24) is 0 Å². The normalized spacial score (nSPS) is 24.6. The lowest BCUT2D eigenvalue weighted by Gasteiger charge is -2.27. The van der Waals surface area contributed by atoms with Crippen LogP contribution in [0.25, 0.3) is 0 Å². The lowest BCUT2D eigenvalue weighted by atomic mass is 9.78. The summed E-state index contributed by atoms with van der Waals surface area (Å²) in [6.45, 7) is 2.01. The standard InChI is InChI=1S/C12H18O4/c1-4-8-7-9(11(13)15-2)5-6-10(8)12(14)16-3/h5,8,10H,4,6-7H2,1-3H3. The van der Waals surface area contributed by atoms with Crippen LogP contribution in [0.15, 0.2) is 11.6 Å². The van der Waals surface area contributed by atoms with Crippen LogP contribution in [-0.2, 0) is 19.1 Å². The van der Waals surface area contributed by atoms with E-state index in [1.165, 1.54) is 14.2 Å². The van der Waals surface area contributed by atoms with Crippen molar-refractivity contribution in [2.75, 3.05) is 14.2 Å². The largest absolute Gasteiger partial charge is 0.469 e. The third-order valence-corrected chi connectivity index (χ3v) is 3.15. The molecule has 0 saturated carbocycles. The maximum absolute atomic E-state index is 11.5. The molecule has 0 fully saturated rings. The lowest BCUT2D eigenvalue weighted by molar-refractivity contribution is -0.148. The van der Waals surface area contributed by atoms with Crippen LogP contribution >= 0.6 is 0 Å². The van der Waals surface area contributed by atoms with E-state index in [-0.39, 0.29) is 23.8 Å². The predicted molar refractivity (Wildman–Crippen MR) is 58.6 cm³/mol. The zero-order valence-electron chi connectivity index (χ0n) is 9.99. The quantitative estimate of drug-likeness (QED) is 0.687. The van der Waals surface area contributed by atoms with Gasteiger partial charge in [-0.2, -0.15) is 0 Å². The van der Waals surface area contributed by atoms with Gasteiger partial charge in [-0.3, -0.25) is 4.79 Å². The molecule has 1 aliphatic carbocycles. The van der Waals surface area contributed by atoms with Gasteiger partial charge in [-0.25, -0.2) is 4.79 Å². The number of carbonyl (C=O) groups excluding carboxylic acids is 2. The molecule has 0 bridgehead atoms. The van der Waals surface area contributed by atoms with Crippen molar-refractivity contribution >= 4 is 11.9 Å². The van der Waals surface area contributed by atoms with Crippen molar-refractivity contribution < 1.29 is 19.1 Å². The minimum Gasteiger partial charge on any atom is -0.469 e. The van der Waals surface area contributed by atoms with Crippen molar-refractivity contribution in [3.05, 3.63) is 11.6 Å². The first kappa shape index (κ1) is 12.7. The molecule has 0 N–H and O–H groups in total. The molecule has 0 aromatic carbocycles. The molecule has 90 valence electrons. The molecule has 16 heavy (non-hydrogen) atoms. The van der Waals surface area contributed by atoms with Gasteiger partial charge in [0.05, 0.1) is 20.1 Å². The van der Waals surface area contributed by atoms with Crippen LogP contribution in [0.4, 0.5) is 0 Å². The second-order valence-electron chi connectivity index (χ2n) is 3.96. The highest BCUT2D eigenvalue weighted by atomic mass is 16.5. The maximum atomic E-state index is 11.5. The lowest BCUT2D eigenvalue weighted by Crippen LogP contribution is -2.29. The number of hydrogen-bond donors (Lipinski definition) is 0. The van der Waals surface area contributed by atoms with Crippen LogP contribution < -0.4 is 0 Å². The summed E-state index contributed by atoms with van der Waals surface area (Å²) in [7, 11) is 2.77. The molecule has 4 nitrogen and oxygen atoms in total. The fourth-order valence-electron chi connectivity index (χ4n) is 2.14. The van der Waals surface area contributed by atoms with Gasteiger partial charge >= 0.3 is 11.9 Å². The van der Waals surface area contributed by atoms with Crippen LogP contribution in [0, 0.1) is 11.8 Å². The molecule has 0 aliphatic heterocycles. The van der Waals surface area contributed by atoms with Gasteiger partial charge in [-0.1, -0.05) is 19.4 Å². The Morgan fingerprint density at radius 2 is 2.06 bits per heavy atom. The molecule has 4 heteroatoms. The van der Waals surface area contributed by atoms with Gasteiger partial charge < -0.3 is 9.47 Å². The molecule has 1 aliphatic rings. The molecule has 2 unspecified atom stereocenters. The Labute approximate surface area is 95.6 Å². The second kappa shape index (κ2) is 5.68. The Balaban J connectivity index is 2.78. The molecular formula is C12H18O4.